The number of Topliss-reactive ketones (excluding diaryl/α,β-unsaturated/α-hetero) is 1. The minimum atomic E-state index is -0.585. The lowest BCUT2D eigenvalue weighted by molar-refractivity contribution is -0.136. The third-order valence-electron chi connectivity index (χ3n) is 5.10. The molecule has 3 aliphatic rings. The van der Waals surface area contributed by atoms with Crippen LogP contribution < -0.4 is 0 Å². The van der Waals surface area contributed by atoms with Crippen LogP contribution in [0, 0.1) is 17.3 Å². The maximum Gasteiger partial charge on any atom is 0.334 e. The summed E-state index contributed by atoms with van der Waals surface area (Å²) >= 11 is 0. The molecule has 0 aliphatic heterocycles. The fourth-order valence-corrected chi connectivity index (χ4v) is 3.98. The number of rotatable bonds is 1. The van der Waals surface area contributed by atoms with Crippen LogP contribution in [-0.4, -0.2) is 24.0 Å². The number of fused-ring (bicyclic) bond motifs is 3. The first-order valence-corrected chi connectivity index (χ1v) is 6.78. The van der Waals surface area contributed by atoms with E-state index in [-0.39, 0.29) is 28.1 Å². The molecule has 0 amide bonds. The molecule has 1 N–H and O–H groups in total. The molecule has 0 spiro atoms. The first kappa shape index (κ1) is 13.2. The van der Waals surface area contributed by atoms with Gasteiger partial charge in [-0.3, -0.25) is 4.79 Å². The van der Waals surface area contributed by atoms with Crippen LogP contribution in [0.25, 0.3) is 0 Å². The molecule has 0 heterocycles. The summed E-state index contributed by atoms with van der Waals surface area (Å²) in [5, 5.41) is 10.5. The number of hydrogen-bond donors (Lipinski definition) is 1. The number of ether oxygens (including phenoxy) is 1. The van der Waals surface area contributed by atoms with Gasteiger partial charge in [-0.05, 0) is 30.8 Å². The number of aliphatic hydroxyl groups excluding tert-OH is 1. The maximum absolute atomic E-state index is 12.4. The van der Waals surface area contributed by atoms with Crippen LogP contribution in [0.1, 0.15) is 26.7 Å². The molecule has 0 radical (unpaired) electrons. The van der Waals surface area contributed by atoms with E-state index >= 15 is 0 Å². The van der Waals surface area contributed by atoms with Crippen molar-refractivity contribution < 1.29 is 19.4 Å². The second-order valence-corrected chi connectivity index (χ2v) is 6.21. The normalized spacial score (nSPS) is 37.5. The van der Waals surface area contributed by atoms with E-state index in [4.69, 9.17) is 0 Å². The van der Waals surface area contributed by atoms with Gasteiger partial charge in [-0.1, -0.05) is 13.5 Å². The van der Waals surface area contributed by atoms with E-state index in [0.29, 0.717) is 18.3 Å². The molecule has 0 saturated heterocycles. The van der Waals surface area contributed by atoms with Crippen molar-refractivity contribution in [1.82, 2.24) is 0 Å². The number of carbonyl (C=O) groups is 2. The first-order valence-electron chi connectivity index (χ1n) is 6.78. The van der Waals surface area contributed by atoms with Crippen molar-refractivity contribution in [2.75, 3.05) is 7.11 Å². The molecule has 4 heteroatoms. The standard InChI is InChI=1S/C16H18O4/c1-7-9-5-10(9)16(3)6-11(17)12(14(18)13(7)16)8(2)15(19)20-4/h9-10,18H,1,5-6H2,2-4H3/b12-8+/t9-,10-,16+/m1/s1. The minimum Gasteiger partial charge on any atom is -0.507 e. The highest BCUT2D eigenvalue weighted by Gasteiger charge is 2.63. The quantitative estimate of drug-likeness (QED) is 0.589. The van der Waals surface area contributed by atoms with Gasteiger partial charge in [-0.25, -0.2) is 4.79 Å². The molecule has 3 aliphatic carbocycles. The molecule has 106 valence electrons. The Morgan fingerprint density at radius 2 is 2.15 bits per heavy atom. The lowest BCUT2D eigenvalue weighted by atomic mass is 9.69. The van der Waals surface area contributed by atoms with Gasteiger partial charge in [0.1, 0.15) is 5.76 Å². The van der Waals surface area contributed by atoms with Gasteiger partial charge >= 0.3 is 5.97 Å². The van der Waals surface area contributed by atoms with Crippen LogP contribution >= 0.6 is 0 Å². The van der Waals surface area contributed by atoms with Crippen LogP contribution in [0.4, 0.5) is 0 Å². The van der Waals surface area contributed by atoms with Crippen molar-refractivity contribution in [2.24, 2.45) is 17.3 Å². The molecular weight excluding hydrogens is 256 g/mol. The second kappa shape index (κ2) is 3.84. The molecule has 2 fully saturated rings. The summed E-state index contributed by atoms with van der Waals surface area (Å²) in [4.78, 5) is 24.0. The monoisotopic (exact) mass is 274 g/mol. The van der Waals surface area contributed by atoms with E-state index in [0.717, 1.165) is 17.6 Å². The topological polar surface area (TPSA) is 63.6 Å². The molecule has 4 nitrogen and oxygen atoms in total. The Bertz CT molecular complexity index is 622. The summed E-state index contributed by atoms with van der Waals surface area (Å²) in [7, 11) is 1.26. The molecule has 3 rings (SSSR count). The van der Waals surface area contributed by atoms with Crippen molar-refractivity contribution >= 4 is 11.8 Å². The molecular formula is C16H18O4. The summed E-state index contributed by atoms with van der Waals surface area (Å²) in [6.45, 7) is 7.60. The van der Waals surface area contributed by atoms with E-state index in [1.807, 2.05) is 6.92 Å². The number of aliphatic hydroxyl groups is 1. The van der Waals surface area contributed by atoms with E-state index in [1.165, 1.54) is 14.0 Å². The predicted octanol–water partition coefficient (Wildman–Crippen LogP) is 2.47. The van der Waals surface area contributed by atoms with Gasteiger partial charge in [0, 0.05) is 23.0 Å². The third-order valence-corrected chi connectivity index (χ3v) is 5.10. The number of carbonyl (C=O) groups excluding carboxylic acids is 2. The van der Waals surface area contributed by atoms with Crippen molar-refractivity contribution in [2.45, 2.75) is 26.7 Å². The molecule has 0 bridgehead atoms. The van der Waals surface area contributed by atoms with E-state index in [9.17, 15) is 14.7 Å². The highest BCUT2D eigenvalue weighted by atomic mass is 16.5. The lowest BCUT2D eigenvalue weighted by Crippen LogP contribution is -2.32. The van der Waals surface area contributed by atoms with Gasteiger partial charge in [0.2, 0.25) is 0 Å². The van der Waals surface area contributed by atoms with Crippen LogP contribution in [0.15, 0.2) is 34.6 Å². The maximum atomic E-state index is 12.4. The summed E-state index contributed by atoms with van der Waals surface area (Å²) in [6, 6.07) is 0. The van der Waals surface area contributed by atoms with Gasteiger partial charge in [0.25, 0.3) is 0 Å². The number of allylic oxidation sites excluding steroid dienone is 3. The van der Waals surface area contributed by atoms with Crippen molar-refractivity contribution in [3.8, 4) is 0 Å². The number of methoxy groups -OCH3 is 1. The second-order valence-electron chi connectivity index (χ2n) is 6.21. The Hall–Kier alpha value is -1.84. The van der Waals surface area contributed by atoms with Crippen LogP contribution in [0.3, 0.4) is 0 Å². The lowest BCUT2D eigenvalue weighted by Gasteiger charge is -2.34. The van der Waals surface area contributed by atoms with Crippen molar-refractivity contribution in [3.05, 3.63) is 34.6 Å². The van der Waals surface area contributed by atoms with Gasteiger partial charge in [-0.15, -0.1) is 0 Å². The Morgan fingerprint density at radius 3 is 2.75 bits per heavy atom. The molecule has 0 aromatic heterocycles. The van der Waals surface area contributed by atoms with Crippen molar-refractivity contribution in [3.63, 3.8) is 0 Å². The molecule has 3 atom stereocenters. The Balaban J connectivity index is 2.20. The summed E-state index contributed by atoms with van der Waals surface area (Å²) in [5.41, 5.74) is 1.65. The summed E-state index contributed by atoms with van der Waals surface area (Å²) in [6.07, 6.45) is 1.38. The predicted molar refractivity (Wildman–Crippen MR) is 72.8 cm³/mol. The summed E-state index contributed by atoms with van der Waals surface area (Å²) in [5.74, 6) is -0.0301. The fourth-order valence-electron chi connectivity index (χ4n) is 3.98. The van der Waals surface area contributed by atoms with Crippen LogP contribution in [0.2, 0.25) is 0 Å². The number of ketones is 1. The minimum absolute atomic E-state index is 0.0659. The zero-order valence-corrected chi connectivity index (χ0v) is 11.9. The van der Waals surface area contributed by atoms with Gasteiger partial charge in [0.05, 0.1) is 12.7 Å². The van der Waals surface area contributed by atoms with Gasteiger partial charge < -0.3 is 9.84 Å². The molecule has 0 unspecified atom stereocenters. The molecule has 0 aromatic rings. The Morgan fingerprint density at radius 1 is 1.50 bits per heavy atom. The zero-order chi connectivity index (χ0) is 14.8. The van der Waals surface area contributed by atoms with E-state index in [1.54, 1.807) is 0 Å². The third kappa shape index (κ3) is 1.42. The zero-order valence-electron chi connectivity index (χ0n) is 11.9. The fraction of sp³-hybridized carbons (Fsp3) is 0.500. The van der Waals surface area contributed by atoms with E-state index < -0.39 is 5.97 Å². The highest BCUT2D eigenvalue weighted by molar-refractivity contribution is 6.08. The summed E-state index contributed by atoms with van der Waals surface area (Å²) < 4.78 is 4.65. The van der Waals surface area contributed by atoms with Crippen molar-refractivity contribution in [1.29, 1.82) is 0 Å². The molecule has 2 saturated carbocycles. The smallest absolute Gasteiger partial charge is 0.334 e. The SMILES string of the molecule is C=C1C2=C(O)/C(=C(\C)C(=O)OC)C(=O)C[C@@]2(C)[C@@H]2C[C@H]12. The van der Waals surface area contributed by atoms with Crippen LogP contribution in [-0.2, 0) is 14.3 Å². The van der Waals surface area contributed by atoms with E-state index in [2.05, 4.69) is 11.3 Å². The number of esters is 1. The first-order chi connectivity index (χ1) is 9.32. The average Bonchev–Trinajstić information content (AvgIpc) is 3.13. The van der Waals surface area contributed by atoms with Gasteiger partial charge in [-0.2, -0.15) is 0 Å². The Kier molecular flexibility index (Phi) is 2.53. The average molecular weight is 274 g/mol. The number of hydrogen-bond acceptors (Lipinski definition) is 4. The Labute approximate surface area is 117 Å². The molecule has 20 heavy (non-hydrogen) atoms. The highest BCUT2D eigenvalue weighted by Crippen LogP contribution is 2.70. The largest absolute Gasteiger partial charge is 0.507 e. The van der Waals surface area contributed by atoms with Crippen LogP contribution in [0.5, 0.6) is 0 Å². The van der Waals surface area contributed by atoms with Gasteiger partial charge in [0.15, 0.2) is 5.78 Å². The molecule has 0 aromatic carbocycles.